The number of amides is 1. The molecule has 0 bridgehead atoms. The van der Waals surface area contributed by atoms with Gasteiger partial charge in [0.1, 0.15) is 0 Å². The number of nitrogens with zero attached hydrogens (tertiary/aromatic N) is 2. The van der Waals surface area contributed by atoms with E-state index in [4.69, 9.17) is 4.74 Å². The molecular formula is C25H32N2O3. The summed E-state index contributed by atoms with van der Waals surface area (Å²) in [5, 5.41) is 0. The lowest BCUT2D eigenvalue weighted by Crippen LogP contribution is -2.36. The van der Waals surface area contributed by atoms with E-state index in [0.717, 1.165) is 43.5 Å². The van der Waals surface area contributed by atoms with Gasteiger partial charge in [-0.2, -0.15) is 0 Å². The fraction of sp³-hybridized carbons (Fsp3) is 0.440. The molecule has 5 heteroatoms. The fourth-order valence-corrected chi connectivity index (χ4v) is 4.20. The van der Waals surface area contributed by atoms with Crippen LogP contribution in [0.3, 0.4) is 0 Å². The van der Waals surface area contributed by atoms with Crippen molar-refractivity contribution in [1.29, 1.82) is 0 Å². The van der Waals surface area contributed by atoms with Crippen LogP contribution in [0.25, 0.3) is 0 Å². The zero-order valence-corrected chi connectivity index (χ0v) is 18.0. The number of carbonyl (C=O) groups is 2. The Morgan fingerprint density at radius 2 is 1.77 bits per heavy atom. The lowest BCUT2D eigenvalue weighted by Gasteiger charge is -2.31. The number of hydrogen-bond acceptors (Lipinski definition) is 4. The van der Waals surface area contributed by atoms with Gasteiger partial charge >= 0.3 is 5.97 Å². The predicted molar refractivity (Wildman–Crippen MR) is 118 cm³/mol. The summed E-state index contributed by atoms with van der Waals surface area (Å²) < 4.78 is 4.95. The van der Waals surface area contributed by atoms with Crippen LogP contribution in [0.5, 0.6) is 0 Å². The highest BCUT2D eigenvalue weighted by Gasteiger charge is 2.23. The predicted octanol–water partition coefficient (Wildman–Crippen LogP) is 4.44. The SMILES string of the molecule is CC[C@H](c1ccccc1)N(CC(=O)OC)Cc1cccc(C(=O)N2CCCCC2)c1. The van der Waals surface area contributed by atoms with Crippen molar-refractivity contribution in [1.82, 2.24) is 9.80 Å². The highest BCUT2D eigenvalue weighted by molar-refractivity contribution is 5.94. The molecule has 0 saturated carbocycles. The van der Waals surface area contributed by atoms with Gasteiger partial charge in [-0.05, 0) is 48.9 Å². The van der Waals surface area contributed by atoms with Crippen LogP contribution in [-0.2, 0) is 16.1 Å². The lowest BCUT2D eigenvalue weighted by molar-refractivity contribution is -0.142. The number of methoxy groups -OCH3 is 1. The molecule has 0 radical (unpaired) electrons. The average Bonchev–Trinajstić information content (AvgIpc) is 2.80. The number of carbonyl (C=O) groups excluding carboxylic acids is 2. The van der Waals surface area contributed by atoms with E-state index in [0.29, 0.717) is 6.54 Å². The van der Waals surface area contributed by atoms with Gasteiger partial charge in [-0.1, -0.05) is 49.4 Å². The Hall–Kier alpha value is -2.66. The van der Waals surface area contributed by atoms with Crippen LogP contribution >= 0.6 is 0 Å². The van der Waals surface area contributed by atoms with Crippen molar-refractivity contribution in [2.24, 2.45) is 0 Å². The topological polar surface area (TPSA) is 49.9 Å². The molecule has 0 N–H and O–H groups in total. The Kier molecular flexibility index (Phi) is 8.03. The largest absolute Gasteiger partial charge is 0.468 e. The second-order valence-corrected chi connectivity index (χ2v) is 7.87. The molecule has 1 fully saturated rings. The molecule has 0 aromatic heterocycles. The van der Waals surface area contributed by atoms with E-state index in [1.54, 1.807) is 0 Å². The van der Waals surface area contributed by atoms with Crippen LogP contribution in [0, 0.1) is 0 Å². The molecule has 1 atom stereocenters. The van der Waals surface area contributed by atoms with E-state index in [1.807, 2.05) is 47.4 Å². The summed E-state index contributed by atoms with van der Waals surface area (Å²) in [6.45, 7) is 4.57. The zero-order chi connectivity index (χ0) is 21.3. The van der Waals surface area contributed by atoms with Crippen LogP contribution in [0.2, 0.25) is 0 Å². The highest BCUT2D eigenvalue weighted by atomic mass is 16.5. The third-order valence-electron chi connectivity index (χ3n) is 5.77. The standard InChI is InChI=1S/C25H32N2O3/c1-3-23(21-12-6-4-7-13-21)27(19-24(28)30-2)18-20-11-10-14-22(17-20)25(29)26-15-8-5-9-16-26/h4,6-7,10-14,17,23H,3,5,8-9,15-16,18-19H2,1-2H3/t23-/m1/s1. The third-order valence-corrected chi connectivity index (χ3v) is 5.77. The van der Waals surface area contributed by atoms with Gasteiger partial charge in [-0.25, -0.2) is 0 Å². The number of rotatable bonds is 8. The van der Waals surface area contributed by atoms with E-state index in [-0.39, 0.29) is 24.5 Å². The second-order valence-electron chi connectivity index (χ2n) is 7.87. The van der Waals surface area contributed by atoms with Gasteiger partial charge in [-0.15, -0.1) is 0 Å². The molecule has 30 heavy (non-hydrogen) atoms. The maximum Gasteiger partial charge on any atom is 0.319 e. The molecule has 0 unspecified atom stereocenters. The Morgan fingerprint density at radius 1 is 1.03 bits per heavy atom. The molecule has 1 saturated heterocycles. The van der Waals surface area contributed by atoms with Crippen LogP contribution in [-0.4, -0.2) is 48.4 Å². The van der Waals surface area contributed by atoms with Crippen molar-refractivity contribution in [3.63, 3.8) is 0 Å². The van der Waals surface area contributed by atoms with Crippen molar-refractivity contribution in [3.05, 3.63) is 71.3 Å². The van der Waals surface area contributed by atoms with Crippen LogP contribution in [0.1, 0.15) is 60.1 Å². The van der Waals surface area contributed by atoms with Gasteiger partial charge in [0.15, 0.2) is 0 Å². The number of esters is 1. The molecule has 2 aromatic carbocycles. The molecule has 0 spiro atoms. The summed E-state index contributed by atoms with van der Waals surface area (Å²) in [4.78, 5) is 29.1. The zero-order valence-electron chi connectivity index (χ0n) is 18.0. The van der Waals surface area contributed by atoms with Crippen LogP contribution in [0.4, 0.5) is 0 Å². The summed E-state index contributed by atoms with van der Waals surface area (Å²) >= 11 is 0. The Morgan fingerprint density at radius 3 is 2.43 bits per heavy atom. The third kappa shape index (κ3) is 5.70. The first-order valence-electron chi connectivity index (χ1n) is 10.9. The molecule has 1 amide bonds. The minimum atomic E-state index is -0.259. The quantitative estimate of drug-likeness (QED) is 0.606. The van der Waals surface area contributed by atoms with E-state index < -0.39 is 0 Å². The number of piperidine rings is 1. The second kappa shape index (κ2) is 10.9. The molecule has 0 aliphatic carbocycles. The van der Waals surface area contributed by atoms with Crippen LogP contribution < -0.4 is 0 Å². The average molecular weight is 409 g/mol. The van der Waals surface area contributed by atoms with Crippen molar-refractivity contribution >= 4 is 11.9 Å². The molecule has 1 aliphatic rings. The van der Waals surface area contributed by atoms with Gasteiger partial charge in [0.2, 0.25) is 0 Å². The van der Waals surface area contributed by atoms with E-state index >= 15 is 0 Å². The Balaban J connectivity index is 1.81. The monoisotopic (exact) mass is 408 g/mol. The highest BCUT2D eigenvalue weighted by Crippen LogP contribution is 2.26. The number of likely N-dealkylation sites (tertiary alicyclic amines) is 1. The smallest absolute Gasteiger partial charge is 0.319 e. The first kappa shape index (κ1) is 22.0. The van der Waals surface area contributed by atoms with Gasteiger partial charge in [0.05, 0.1) is 13.7 Å². The molecule has 160 valence electrons. The number of ether oxygens (including phenoxy) is 1. The number of benzene rings is 2. The lowest BCUT2D eigenvalue weighted by atomic mass is 10.0. The minimum Gasteiger partial charge on any atom is -0.468 e. The normalized spacial score (nSPS) is 15.1. The Labute approximate surface area is 179 Å². The van der Waals surface area contributed by atoms with E-state index in [9.17, 15) is 9.59 Å². The molecule has 3 rings (SSSR count). The maximum atomic E-state index is 12.9. The summed E-state index contributed by atoms with van der Waals surface area (Å²) in [6.07, 6.45) is 4.22. The molecule has 2 aromatic rings. The van der Waals surface area contributed by atoms with Crippen LogP contribution in [0.15, 0.2) is 54.6 Å². The summed E-state index contributed by atoms with van der Waals surface area (Å²) in [6, 6.07) is 18.1. The van der Waals surface area contributed by atoms with Gasteiger partial charge in [-0.3, -0.25) is 14.5 Å². The van der Waals surface area contributed by atoms with Gasteiger partial charge in [0.25, 0.3) is 5.91 Å². The van der Waals surface area contributed by atoms with Gasteiger partial charge in [0, 0.05) is 31.2 Å². The molecule has 1 heterocycles. The van der Waals surface area contributed by atoms with Crippen molar-refractivity contribution in [2.75, 3.05) is 26.7 Å². The fourth-order valence-electron chi connectivity index (χ4n) is 4.20. The van der Waals surface area contributed by atoms with Gasteiger partial charge < -0.3 is 9.64 Å². The molecular weight excluding hydrogens is 376 g/mol. The maximum absolute atomic E-state index is 12.9. The Bertz CT molecular complexity index is 831. The number of hydrogen-bond donors (Lipinski definition) is 0. The summed E-state index contributed by atoms with van der Waals surface area (Å²) in [5.41, 5.74) is 2.92. The van der Waals surface area contributed by atoms with Crippen molar-refractivity contribution in [3.8, 4) is 0 Å². The first-order valence-corrected chi connectivity index (χ1v) is 10.9. The summed E-state index contributed by atoms with van der Waals surface area (Å²) in [7, 11) is 1.42. The molecule has 1 aliphatic heterocycles. The molecule has 5 nitrogen and oxygen atoms in total. The van der Waals surface area contributed by atoms with Crippen molar-refractivity contribution in [2.45, 2.75) is 45.2 Å². The first-order chi connectivity index (χ1) is 14.6. The van der Waals surface area contributed by atoms with Crippen molar-refractivity contribution < 1.29 is 14.3 Å². The van der Waals surface area contributed by atoms with E-state index in [1.165, 1.54) is 19.1 Å². The minimum absolute atomic E-state index is 0.0896. The summed E-state index contributed by atoms with van der Waals surface area (Å²) in [5.74, 6) is -0.156. The van der Waals surface area contributed by atoms with E-state index in [2.05, 4.69) is 24.0 Å².